The molecule has 4 nitrogen and oxygen atoms in total. The van der Waals surface area contributed by atoms with Crippen LogP contribution in [0.4, 0.5) is 0 Å². The number of esters is 2. The number of ether oxygens (including phenoxy) is 2. The number of rotatable bonds is 9. The molecule has 0 spiro atoms. The first-order chi connectivity index (χ1) is 12.7. The number of fused-ring (bicyclic) bond motifs is 4. The van der Waals surface area contributed by atoms with Crippen molar-refractivity contribution in [3.05, 3.63) is 24.3 Å². The summed E-state index contributed by atoms with van der Waals surface area (Å²) >= 11 is 0. The smallest absolute Gasteiger partial charge is 0.309 e. The molecular formula is C22H30O4. The molecule has 0 aromatic heterocycles. The van der Waals surface area contributed by atoms with Gasteiger partial charge in [-0.15, -0.1) is 0 Å². The van der Waals surface area contributed by atoms with Crippen molar-refractivity contribution in [3.8, 4) is 0 Å². The molecule has 0 aromatic rings. The summed E-state index contributed by atoms with van der Waals surface area (Å²) in [6, 6.07) is 0. The van der Waals surface area contributed by atoms with E-state index in [0.29, 0.717) is 36.9 Å². The van der Waals surface area contributed by atoms with E-state index in [1.165, 1.54) is 0 Å². The van der Waals surface area contributed by atoms with Gasteiger partial charge >= 0.3 is 11.9 Å². The van der Waals surface area contributed by atoms with Crippen LogP contribution in [0.1, 0.15) is 51.4 Å². The van der Waals surface area contributed by atoms with E-state index >= 15 is 0 Å². The summed E-state index contributed by atoms with van der Waals surface area (Å²) in [5.74, 6) is 2.26. The largest absolute Gasteiger partial charge is 0.465 e. The predicted molar refractivity (Wildman–Crippen MR) is 98.1 cm³/mol. The lowest BCUT2D eigenvalue weighted by molar-refractivity contribution is -0.150. The van der Waals surface area contributed by atoms with Gasteiger partial charge < -0.3 is 9.47 Å². The van der Waals surface area contributed by atoms with E-state index in [4.69, 9.17) is 9.47 Å². The molecule has 2 fully saturated rings. The summed E-state index contributed by atoms with van der Waals surface area (Å²) in [6.07, 6.45) is 16.9. The minimum atomic E-state index is -0.00399. The summed E-state index contributed by atoms with van der Waals surface area (Å²) < 4.78 is 10.9. The van der Waals surface area contributed by atoms with Gasteiger partial charge in [0.15, 0.2) is 0 Å². The Balaban J connectivity index is 1.01. The second-order valence-corrected chi connectivity index (χ2v) is 8.52. The minimum absolute atomic E-state index is 0.00399. The van der Waals surface area contributed by atoms with Crippen LogP contribution in [0.25, 0.3) is 0 Å². The van der Waals surface area contributed by atoms with Crippen LogP contribution >= 0.6 is 0 Å². The first-order valence-corrected chi connectivity index (χ1v) is 10.4. The molecule has 6 atom stereocenters. The van der Waals surface area contributed by atoms with E-state index in [2.05, 4.69) is 24.3 Å². The Kier molecular flexibility index (Phi) is 5.46. The zero-order valence-corrected chi connectivity index (χ0v) is 15.5. The van der Waals surface area contributed by atoms with Crippen molar-refractivity contribution in [1.29, 1.82) is 0 Å². The number of unbranched alkanes of at least 4 members (excludes halogenated alkanes) is 3. The molecule has 142 valence electrons. The molecule has 2 saturated carbocycles. The number of carbonyl (C=O) groups excluding carboxylic acids is 2. The van der Waals surface area contributed by atoms with E-state index in [-0.39, 0.29) is 23.8 Å². The van der Waals surface area contributed by atoms with Crippen molar-refractivity contribution < 1.29 is 19.1 Å². The molecule has 4 aliphatic carbocycles. The zero-order valence-electron chi connectivity index (χ0n) is 15.5. The third-order valence-electron chi connectivity index (χ3n) is 6.69. The summed E-state index contributed by atoms with van der Waals surface area (Å²) in [4.78, 5) is 24.2. The Morgan fingerprint density at radius 2 is 1.12 bits per heavy atom. The Morgan fingerprint density at radius 3 is 1.46 bits per heavy atom. The van der Waals surface area contributed by atoms with E-state index in [9.17, 15) is 9.59 Å². The number of carbonyl (C=O) groups is 2. The van der Waals surface area contributed by atoms with Gasteiger partial charge in [0.05, 0.1) is 25.0 Å². The maximum Gasteiger partial charge on any atom is 0.309 e. The number of hydrogen-bond acceptors (Lipinski definition) is 4. The molecule has 26 heavy (non-hydrogen) atoms. The van der Waals surface area contributed by atoms with Crippen LogP contribution < -0.4 is 0 Å². The highest BCUT2D eigenvalue weighted by molar-refractivity contribution is 5.74. The van der Waals surface area contributed by atoms with Crippen LogP contribution in [0.5, 0.6) is 0 Å². The summed E-state index contributed by atoms with van der Waals surface area (Å²) in [6.45, 7) is 1.04. The topological polar surface area (TPSA) is 52.6 Å². The van der Waals surface area contributed by atoms with Gasteiger partial charge in [-0.25, -0.2) is 0 Å². The third-order valence-corrected chi connectivity index (χ3v) is 6.69. The monoisotopic (exact) mass is 358 g/mol. The number of allylic oxidation sites excluding steroid dienone is 4. The van der Waals surface area contributed by atoms with Gasteiger partial charge in [-0.3, -0.25) is 9.59 Å². The van der Waals surface area contributed by atoms with E-state index in [1.807, 2.05) is 0 Å². The number of hydrogen-bond donors (Lipinski definition) is 0. The highest BCUT2D eigenvalue weighted by atomic mass is 16.5. The highest BCUT2D eigenvalue weighted by Gasteiger charge is 2.41. The molecule has 0 aromatic carbocycles. The average molecular weight is 358 g/mol. The first-order valence-electron chi connectivity index (χ1n) is 10.4. The molecule has 0 radical (unpaired) electrons. The minimum Gasteiger partial charge on any atom is -0.465 e. The molecule has 0 aliphatic heterocycles. The molecule has 4 heteroatoms. The standard InChI is InChI=1S/C22H30O4/c23-21(19-13-15-5-7-17(19)11-15)25-9-3-1-2-4-10-26-22(24)20-14-16-6-8-18(20)12-16/h5-8,15-20H,1-4,9-14H2/t15-,16-,17+,18+,19+,20+/m0/s1. The quantitative estimate of drug-likeness (QED) is 0.354. The Labute approximate surface area is 156 Å². The molecule has 4 bridgehead atoms. The van der Waals surface area contributed by atoms with Crippen LogP contribution in [0.3, 0.4) is 0 Å². The molecular weight excluding hydrogens is 328 g/mol. The molecule has 4 rings (SSSR count). The van der Waals surface area contributed by atoms with E-state index in [0.717, 1.165) is 51.4 Å². The van der Waals surface area contributed by atoms with Gasteiger partial charge in [-0.1, -0.05) is 24.3 Å². The summed E-state index contributed by atoms with van der Waals surface area (Å²) in [5.41, 5.74) is 0. The lowest BCUT2D eigenvalue weighted by atomic mass is 9.94. The summed E-state index contributed by atoms with van der Waals surface area (Å²) in [5, 5.41) is 0. The zero-order chi connectivity index (χ0) is 17.9. The molecule has 0 unspecified atom stereocenters. The van der Waals surface area contributed by atoms with Crippen LogP contribution in [-0.2, 0) is 19.1 Å². The second kappa shape index (κ2) is 7.98. The Hall–Kier alpha value is -1.58. The van der Waals surface area contributed by atoms with Gasteiger partial charge in [0.1, 0.15) is 0 Å². The average Bonchev–Trinajstić information content (AvgIpc) is 3.43. The van der Waals surface area contributed by atoms with Gasteiger partial charge in [0.25, 0.3) is 0 Å². The van der Waals surface area contributed by atoms with Gasteiger partial charge in [0.2, 0.25) is 0 Å². The van der Waals surface area contributed by atoms with Crippen molar-refractivity contribution in [2.45, 2.75) is 51.4 Å². The molecule has 0 amide bonds. The van der Waals surface area contributed by atoms with Crippen molar-refractivity contribution in [2.75, 3.05) is 13.2 Å². The second-order valence-electron chi connectivity index (χ2n) is 8.52. The Morgan fingerprint density at radius 1 is 0.654 bits per heavy atom. The fourth-order valence-electron chi connectivity index (χ4n) is 5.22. The van der Waals surface area contributed by atoms with Crippen LogP contribution in [0.2, 0.25) is 0 Å². The van der Waals surface area contributed by atoms with Crippen LogP contribution in [0, 0.1) is 35.5 Å². The van der Waals surface area contributed by atoms with Crippen LogP contribution in [0.15, 0.2) is 24.3 Å². The highest BCUT2D eigenvalue weighted by Crippen LogP contribution is 2.44. The predicted octanol–water partition coefficient (Wildman–Crippen LogP) is 4.06. The van der Waals surface area contributed by atoms with Crippen molar-refractivity contribution in [1.82, 2.24) is 0 Å². The lowest BCUT2D eigenvalue weighted by Gasteiger charge is -2.17. The first kappa shape index (κ1) is 17.8. The van der Waals surface area contributed by atoms with E-state index in [1.54, 1.807) is 0 Å². The van der Waals surface area contributed by atoms with E-state index < -0.39 is 0 Å². The fraction of sp³-hybridized carbons (Fsp3) is 0.727. The normalized spacial score (nSPS) is 36.0. The van der Waals surface area contributed by atoms with Crippen LogP contribution in [-0.4, -0.2) is 25.2 Å². The fourth-order valence-corrected chi connectivity index (χ4v) is 5.22. The third kappa shape index (κ3) is 3.89. The molecule has 0 N–H and O–H groups in total. The lowest BCUT2D eigenvalue weighted by Crippen LogP contribution is -2.22. The molecule has 0 heterocycles. The van der Waals surface area contributed by atoms with Gasteiger partial charge in [-0.05, 0) is 75.0 Å². The maximum absolute atomic E-state index is 12.1. The van der Waals surface area contributed by atoms with Gasteiger partial charge in [-0.2, -0.15) is 0 Å². The van der Waals surface area contributed by atoms with Crippen molar-refractivity contribution >= 4 is 11.9 Å². The molecule has 4 aliphatic rings. The van der Waals surface area contributed by atoms with Crippen molar-refractivity contribution in [2.24, 2.45) is 35.5 Å². The maximum atomic E-state index is 12.1. The Bertz CT molecular complexity index is 541. The molecule has 0 saturated heterocycles. The SMILES string of the molecule is O=C(OCCCCCCOC(=O)[C@@H]1C[C@H]2C=C[C@@H]1C2)[C@@H]1C[C@H]2C=C[C@@H]1C2. The van der Waals surface area contributed by atoms with Crippen molar-refractivity contribution in [3.63, 3.8) is 0 Å². The summed E-state index contributed by atoms with van der Waals surface area (Å²) in [7, 11) is 0. The van der Waals surface area contributed by atoms with Gasteiger partial charge in [0, 0.05) is 0 Å².